The smallest absolute Gasteiger partial charge is 0.408 e. The molecule has 1 aromatic rings. The summed E-state index contributed by atoms with van der Waals surface area (Å²) in [5.41, 5.74) is -0.637. The molecule has 0 radical (unpaired) electrons. The number of likely N-dealkylation sites (tertiary alicyclic amines) is 1. The number of nitrogens with zero attached hydrogens (tertiary/aromatic N) is 2. The van der Waals surface area contributed by atoms with Gasteiger partial charge >= 0.3 is 12.1 Å². The number of ether oxygens (including phenoxy) is 2. The number of rotatable bonds is 4. The second-order valence-electron chi connectivity index (χ2n) is 7.83. The van der Waals surface area contributed by atoms with Crippen LogP contribution in [0.1, 0.15) is 44.0 Å². The largest absolute Gasteiger partial charge is 0.457 e. The van der Waals surface area contributed by atoms with E-state index in [0.717, 1.165) is 0 Å². The average Bonchev–Trinajstić information content (AvgIpc) is 2.74. The molecule has 0 spiro atoms. The van der Waals surface area contributed by atoms with Crippen molar-refractivity contribution in [2.75, 3.05) is 13.6 Å². The van der Waals surface area contributed by atoms with Crippen molar-refractivity contribution in [3.8, 4) is 0 Å². The van der Waals surface area contributed by atoms with E-state index in [9.17, 15) is 24.5 Å². The summed E-state index contributed by atoms with van der Waals surface area (Å²) < 4.78 is 10.7. The van der Waals surface area contributed by atoms with Crippen LogP contribution in [-0.2, 0) is 14.3 Å². The van der Waals surface area contributed by atoms with E-state index in [-0.39, 0.29) is 30.1 Å². The van der Waals surface area contributed by atoms with Crippen molar-refractivity contribution in [1.29, 1.82) is 0 Å². The van der Waals surface area contributed by atoms with Crippen LogP contribution in [0.15, 0.2) is 24.3 Å². The van der Waals surface area contributed by atoms with Crippen LogP contribution in [0.25, 0.3) is 0 Å². The zero-order valence-electron chi connectivity index (χ0n) is 16.8. The van der Waals surface area contributed by atoms with E-state index in [1.54, 1.807) is 27.8 Å². The van der Waals surface area contributed by atoms with Gasteiger partial charge < -0.3 is 19.7 Å². The quantitative estimate of drug-likeness (QED) is 0.460. The summed E-state index contributed by atoms with van der Waals surface area (Å²) in [4.78, 5) is 48.3. The van der Waals surface area contributed by atoms with Gasteiger partial charge in [-0.05, 0) is 45.7 Å². The molecule has 1 aliphatic rings. The highest BCUT2D eigenvalue weighted by Crippen LogP contribution is 2.18. The molecule has 2 rings (SSSR count). The Hall–Kier alpha value is -3.17. The SMILES string of the molecule is CN1C[C@@H](OC(=O)c2ccc([N+](=O)[O-])cc2)CC[C@H](NC(=O)OC(C)(C)C)C1=O. The van der Waals surface area contributed by atoms with E-state index in [2.05, 4.69) is 5.32 Å². The molecule has 1 fully saturated rings. The molecule has 0 aromatic heterocycles. The Bertz CT molecular complexity index is 786. The number of hydrogen-bond acceptors (Lipinski definition) is 7. The van der Waals surface area contributed by atoms with Crippen LogP contribution in [0.5, 0.6) is 0 Å². The lowest BCUT2D eigenvalue weighted by Gasteiger charge is -2.24. The first-order valence-electron chi connectivity index (χ1n) is 9.16. The Morgan fingerprint density at radius 1 is 1.21 bits per heavy atom. The number of nitro groups is 1. The van der Waals surface area contributed by atoms with E-state index in [1.165, 1.54) is 29.2 Å². The third-order valence-electron chi connectivity index (χ3n) is 4.21. The Labute approximate surface area is 168 Å². The van der Waals surface area contributed by atoms with Crippen LogP contribution in [0.2, 0.25) is 0 Å². The Morgan fingerprint density at radius 2 is 1.83 bits per heavy atom. The molecule has 0 aliphatic carbocycles. The van der Waals surface area contributed by atoms with Crippen molar-refractivity contribution in [2.45, 2.75) is 51.4 Å². The maximum atomic E-state index is 12.5. The minimum atomic E-state index is -0.780. The first kappa shape index (κ1) is 22.1. The summed E-state index contributed by atoms with van der Waals surface area (Å²) in [7, 11) is 1.56. The summed E-state index contributed by atoms with van der Waals surface area (Å²) in [5, 5.41) is 13.3. The van der Waals surface area contributed by atoms with Gasteiger partial charge in [-0.25, -0.2) is 9.59 Å². The van der Waals surface area contributed by atoms with Gasteiger partial charge in [0.15, 0.2) is 0 Å². The Balaban J connectivity index is 1.98. The molecule has 2 atom stereocenters. The number of carbonyl (C=O) groups excluding carboxylic acids is 3. The number of alkyl carbamates (subject to hydrolysis) is 1. The normalized spacial score (nSPS) is 19.9. The number of esters is 1. The number of carbonyl (C=O) groups is 3. The topological polar surface area (TPSA) is 128 Å². The van der Waals surface area contributed by atoms with Crippen LogP contribution in [0.4, 0.5) is 10.5 Å². The monoisotopic (exact) mass is 407 g/mol. The first-order chi connectivity index (χ1) is 13.5. The number of benzene rings is 1. The lowest BCUT2D eigenvalue weighted by molar-refractivity contribution is -0.384. The molecular weight excluding hydrogens is 382 g/mol. The van der Waals surface area contributed by atoms with Gasteiger partial charge in [-0.1, -0.05) is 0 Å². The van der Waals surface area contributed by atoms with E-state index in [1.807, 2.05) is 0 Å². The van der Waals surface area contributed by atoms with Gasteiger partial charge in [-0.15, -0.1) is 0 Å². The molecule has 10 nitrogen and oxygen atoms in total. The maximum absolute atomic E-state index is 12.5. The Kier molecular flexibility index (Phi) is 6.78. The van der Waals surface area contributed by atoms with Crippen molar-refractivity contribution in [3.05, 3.63) is 39.9 Å². The zero-order valence-corrected chi connectivity index (χ0v) is 16.8. The molecule has 1 heterocycles. The number of nitrogens with one attached hydrogen (secondary N) is 1. The molecule has 1 N–H and O–H groups in total. The average molecular weight is 407 g/mol. The molecule has 0 bridgehead atoms. The van der Waals surface area contributed by atoms with E-state index < -0.39 is 34.7 Å². The van der Waals surface area contributed by atoms with E-state index in [0.29, 0.717) is 6.42 Å². The number of non-ortho nitro benzene ring substituents is 1. The van der Waals surface area contributed by atoms with E-state index in [4.69, 9.17) is 9.47 Å². The predicted octanol–water partition coefficient (Wildman–Crippen LogP) is 2.27. The second-order valence-corrected chi connectivity index (χ2v) is 7.83. The van der Waals surface area contributed by atoms with Crippen molar-refractivity contribution >= 4 is 23.7 Å². The first-order valence-corrected chi connectivity index (χ1v) is 9.16. The number of likely N-dealkylation sites (N-methyl/N-ethyl adjacent to an activating group) is 1. The van der Waals surface area contributed by atoms with Crippen LogP contribution in [0.3, 0.4) is 0 Å². The van der Waals surface area contributed by atoms with Gasteiger partial charge in [0, 0.05) is 19.2 Å². The van der Waals surface area contributed by atoms with E-state index >= 15 is 0 Å². The van der Waals surface area contributed by atoms with Crippen molar-refractivity contribution < 1.29 is 28.8 Å². The third-order valence-corrected chi connectivity index (χ3v) is 4.21. The highest BCUT2D eigenvalue weighted by atomic mass is 16.6. The van der Waals surface area contributed by atoms with Gasteiger partial charge in [-0.2, -0.15) is 0 Å². The number of nitro benzene ring substituents is 1. The fraction of sp³-hybridized carbons (Fsp3) is 0.526. The number of amides is 2. The van der Waals surface area contributed by atoms with Gasteiger partial charge in [0.2, 0.25) is 5.91 Å². The molecule has 1 aliphatic heterocycles. The van der Waals surface area contributed by atoms with Crippen molar-refractivity contribution in [1.82, 2.24) is 10.2 Å². The van der Waals surface area contributed by atoms with Gasteiger partial charge in [0.25, 0.3) is 5.69 Å². The zero-order chi connectivity index (χ0) is 21.8. The maximum Gasteiger partial charge on any atom is 0.408 e. The predicted molar refractivity (Wildman–Crippen MR) is 102 cm³/mol. The van der Waals surface area contributed by atoms with Gasteiger partial charge in [-0.3, -0.25) is 14.9 Å². The summed E-state index contributed by atoms with van der Waals surface area (Å²) in [6, 6.07) is 4.30. The summed E-state index contributed by atoms with van der Waals surface area (Å²) in [6.45, 7) is 5.34. The molecule has 1 saturated heterocycles. The number of hydrogen-bond donors (Lipinski definition) is 1. The highest BCUT2D eigenvalue weighted by molar-refractivity contribution is 5.90. The second kappa shape index (κ2) is 8.89. The molecule has 158 valence electrons. The standard InChI is InChI=1S/C19H25N3O7/c1-19(2,3)29-18(25)20-15-10-9-14(11-21(4)16(15)23)28-17(24)12-5-7-13(8-6-12)22(26)27/h5-8,14-15H,9-11H2,1-4H3,(H,20,25)/t14-,15-/m0/s1. The summed E-state index contributed by atoms with van der Waals surface area (Å²) in [5.74, 6) is -0.936. The Morgan fingerprint density at radius 3 is 2.38 bits per heavy atom. The van der Waals surface area contributed by atoms with Gasteiger partial charge in [0.1, 0.15) is 17.7 Å². The minimum Gasteiger partial charge on any atom is -0.457 e. The van der Waals surface area contributed by atoms with Gasteiger partial charge in [0.05, 0.1) is 17.0 Å². The molecular formula is C19H25N3O7. The molecule has 1 aromatic carbocycles. The summed E-state index contributed by atoms with van der Waals surface area (Å²) >= 11 is 0. The lowest BCUT2D eigenvalue weighted by atomic mass is 10.1. The minimum absolute atomic E-state index is 0.127. The molecule has 10 heteroatoms. The van der Waals surface area contributed by atoms with Crippen molar-refractivity contribution in [2.24, 2.45) is 0 Å². The molecule has 29 heavy (non-hydrogen) atoms. The molecule has 0 unspecified atom stereocenters. The third kappa shape index (κ3) is 6.44. The van der Waals surface area contributed by atoms with Crippen LogP contribution in [-0.4, -0.2) is 59.1 Å². The summed E-state index contributed by atoms with van der Waals surface area (Å²) in [6.07, 6.45) is -0.627. The van der Waals surface area contributed by atoms with Crippen LogP contribution < -0.4 is 5.32 Å². The van der Waals surface area contributed by atoms with Crippen molar-refractivity contribution in [3.63, 3.8) is 0 Å². The lowest BCUT2D eigenvalue weighted by Crippen LogP contribution is -2.47. The van der Waals surface area contributed by atoms with Crippen LogP contribution in [0, 0.1) is 10.1 Å². The fourth-order valence-electron chi connectivity index (χ4n) is 2.85. The van der Waals surface area contributed by atoms with Crippen LogP contribution >= 0.6 is 0 Å². The molecule has 2 amide bonds. The fourth-order valence-corrected chi connectivity index (χ4v) is 2.85. The molecule has 0 saturated carbocycles. The highest BCUT2D eigenvalue weighted by Gasteiger charge is 2.33.